The lowest BCUT2D eigenvalue weighted by Gasteiger charge is -1.96. The van der Waals surface area contributed by atoms with Crippen molar-refractivity contribution in [3.8, 4) is 0 Å². The van der Waals surface area contributed by atoms with Gasteiger partial charge in [0.05, 0.1) is 0 Å². The van der Waals surface area contributed by atoms with Gasteiger partial charge in [0.15, 0.2) is 5.65 Å². The van der Waals surface area contributed by atoms with Gasteiger partial charge >= 0.3 is 6.18 Å². The lowest BCUT2D eigenvalue weighted by Crippen LogP contribution is -2.07. The Bertz CT molecular complexity index is 472. The minimum Gasteiger partial charge on any atom is -0.220 e. The largest absolute Gasteiger partial charge is 0.453 e. The second kappa shape index (κ2) is 2.70. The van der Waals surface area contributed by atoms with E-state index in [0.717, 1.165) is 4.52 Å². The summed E-state index contributed by atoms with van der Waals surface area (Å²) in [4.78, 5) is 3.41. The van der Waals surface area contributed by atoms with E-state index in [9.17, 15) is 13.2 Å². The van der Waals surface area contributed by atoms with Crippen LogP contribution in [0.1, 0.15) is 11.4 Å². The lowest BCUT2D eigenvalue weighted by molar-refractivity contribution is -0.144. The van der Waals surface area contributed by atoms with Crippen molar-refractivity contribution in [1.82, 2.24) is 14.6 Å². The van der Waals surface area contributed by atoms with Crippen molar-refractivity contribution in [1.29, 1.82) is 0 Å². The third-order valence-corrected chi connectivity index (χ3v) is 1.81. The van der Waals surface area contributed by atoms with Crippen molar-refractivity contribution in [3.63, 3.8) is 0 Å². The van der Waals surface area contributed by atoms with Crippen LogP contribution in [0.3, 0.4) is 0 Å². The third kappa shape index (κ3) is 1.32. The van der Waals surface area contributed by atoms with Crippen molar-refractivity contribution >= 4 is 5.65 Å². The summed E-state index contributed by atoms with van der Waals surface area (Å²) in [6.07, 6.45) is -3.05. The van der Waals surface area contributed by atoms with Crippen molar-refractivity contribution in [2.75, 3.05) is 0 Å². The SMILES string of the molecule is Cc1cccn2nc(C(F)(F)F)nc12. The molecule has 6 heteroatoms. The Morgan fingerprint density at radius 3 is 2.64 bits per heavy atom. The average Bonchev–Trinajstić information content (AvgIpc) is 2.48. The van der Waals surface area contributed by atoms with E-state index in [-0.39, 0.29) is 5.65 Å². The minimum absolute atomic E-state index is 0.236. The van der Waals surface area contributed by atoms with Gasteiger partial charge in [0.25, 0.3) is 5.82 Å². The summed E-state index contributed by atoms with van der Waals surface area (Å²) in [5, 5.41) is 3.33. The molecule has 0 aliphatic rings. The molecule has 2 aromatic heterocycles. The first-order valence-electron chi connectivity index (χ1n) is 3.87. The quantitative estimate of drug-likeness (QED) is 0.653. The zero-order valence-electron chi connectivity index (χ0n) is 7.21. The van der Waals surface area contributed by atoms with Gasteiger partial charge < -0.3 is 0 Å². The highest BCUT2D eigenvalue weighted by molar-refractivity contribution is 5.45. The van der Waals surface area contributed by atoms with Gasteiger partial charge in [-0.15, -0.1) is 5.10 Å². The highest BCUT2D eigenvalue weighted by Crippen LogP contribution is 2.26. The number of alkyl halides is 3. The number of hydrogen-bond donors (Lipinski definition) is 0. The Morgan fingerprint density at radius 2 is 2.07 bits per heavy atom. The number of hydrogen-bond acceptors (Lipinski definition) is 2. The molecule has 3 nitrogen and oxygen atoms in total. The summed E-state index contributed by atoms with van der Waals surface area (Å²) in [5.74, 6) is -1.10. The number of aromatic nitrogens is 3. The van der Waals surface area contributed by atoms with Crippen LogP contribution in [-0.4, -0.2) is 14.6 Å². The van der Waals surface area contributed by atoms with E-state index < -0.39 is 12.0 Å². The number of rotatable bonds is 0. The molecule has 2 rings (SSSR count). The molecule has 0 spiro atoms. The first-order chi connectivity index (χ1) is 6.48. The van der Waals surface area contributed by atoms with Crippen molar-refractivity contribution < 1.29 is 13.2 Å². The molecule has 0 aromatic carbocycles. The molecule has 0 N–H and O–H groups in total. The van der Waals surface area contributed by atoms with Crippen LogP contribution in [0.2, 0.25) is 0 Å². The number of nitrogens with zero attached hydrogens (tertiary/aromatic N) is 3. The number of fused-ring (bicyclic) bond motifs is 1. The van der Waals surface area contributed by atoms with E-state index in [2.05, 4.69) is 10.1 Å². The molecule has 2 aromatic rings. The van der Waals surface area contributed by atoms with E-state index in [4.69, 9.17) is 0 Å². The lowest BCUT2D eigenvalue weighted by atomic mass is 10.3. The van der Waals surface area contributed by atoms with Gasteiger partial charge in [-0.05, 0) is 18.6 Å². The van der Waals surface area contributed by atoms with Gasteiger partial charge in [0, 0.05) is 6.20 Å². The molecule has 0 amide bonds. The van der Waals surface area contributed by atoms with Crippen LogP contribution in [0, 0.1) is 6.92 Å². The van der Waals surface area contributed by atoms with Gasteiger partial charge in [0.2, 0.25) is 0 Å². The van der Waals surface area contributed by atoms with E-state index in [0.29, 0.717) is 5.56 Å². The Labute approximate surface area is 77.2 Å². The predicted molar refractivity (Wildman–Crippen MR) is 42.7 cm³/mol. The molecular weight excluding hydrogens is 195 g/mol. The second-order valence-corrected chi connectivity index (χ2v) is 2.89. The van der Waals surface area contributed by atoms with Gasteiger partial charge in [-0.3, -0.25) is 0 Å². The van der Waals surface area contributed by atoms with Gasteiger partial charge in [0.1, 0.15) is 0 Å². The Morgan fingerprint density at radius 1 is 1.36 bits per heavy atom. The Hall–Kier alpha value is -1.59. The van der Waals surface area contributed by atoms with E-state index in [1.54, 1.807) is 19.1 Å². The van der Waals surface area contributed by atoms with E-state index in [1.807, 2.05) is 0 Å². The fourth-order valence-electron chi connectivity index (χ4n) is 1.16. The van der Waals surface area contributed by atoms with Crippen LogP contribution in [0.5, 0.6) is 0 Å². The number of pyridine rings is 1. The molecule has 2 heterocycles. The van der Waals surface area contributed by atoms with Gasteiger partial charge in [-0.1, -0.05) is 6.07 Å². The number of halogens is 3. The average molecular weight is 201 g/mol. The first kappa shape index (κ1) is 8.98. The molecule has 0 radical (unpaired) electrons. The highest BCUT2D eigenvalue weighted by Gasteiger charge is 2.36. The highest BCUT2D eigenvalue weighted by atomic mass is 19.4. The molecule has 74 valence electrons. The fourth-order valence-corrected chi connectivity index (χ4v) is 1.16. The normalized spacial score (nSPS) is 12.3. The van der Waals surface area contributed by atoms with Gasteiger partial charge in [-0.2, -0.15) is 13.2 Å². The van der Waals surface area contributed by atoms with Crippen LogP contribution >= 0.6 is 0 Å². The Kier molecular flexibility index (Phi) is 1.73. The maximum atomic E-state index is 12.2. The summed E-state index contributed by atoms with van der Waals surface area (Å²) in [6, 6.07) is 3.31. The predicted octanol–water partition coefficient (Wildman–Crippen LogP) is 2.06. The van der Waals surface area contributed by atoms with Crippen LogP contribution in [-0.2, 0) is 6.18 Å². The van der Waals surface area contributed by atoms with Crippen LogP contribution < -0.4 is 0 Å². The van der Waals surface area contributed by atoms with Crippen LogP contribution in [0.15, 0.2) is 18.3 Å². The summed E-state index contributed by atoms with van der Waals surface area (Å²) in [6.45, 7) is 1.68. The number of aryl methyl sites for hydroxylation is 1. The van der Waals surface area contributed by atoms with Crippen molar-refractivity contribution in [3.05, 3.63) is 29.7 Å². The standard InChI is InChI=1S/C8H6F3N3/c1-5-3-2-4-14-6(5)12-7(13-14)8(9,10)11/h2-4H,1H3. The molecule has 0 aliphatic carbocycles. The zero-order chi connectivity index (χ0) is 10.3. The third-order valence-electron chi connectivity index (χ3n) is 1.81. The summed E-state index contributed by atoms with van der Waals surface area (Å²) >= 11 is 0. The molecule has 0 saturated heterocycles. The molecule has 0 bridgehead atoms. The fraction of sp³-hybridized carbons (Fsp3) is 0.250. The summed E-state index contributed by atoms with van der Waals surface area (Å²) in [5.41, 5.74) is 0.898. The molecule has 0 aliphatic heterocycles. The van der Waals surface area contributed by atoms with E-state index in [1.165, 1.54) is 6.20 Å². The molecule has 0 atom stereocenters. The zero-order valence-corrected chi connectivity index (χ0v) is 7.21. The van der Waals surface area contributed by atoms with Crippen LogP contribution in [0.4, 0.5) is 13.2 Å². The first-order valence-corrected chi connectivity index (χ1v) is 3.87. The van der Waals surface area contributed by atoms with Crippen LogP contribution in [0.25, 0.3) is 5.65 Å². The second-order valence-electron chi connectivity index (χ2n) is 2.89. The van der Waals surface area contributed by atoms with E-state index >= 15 is 0 Å². The maximum absolute atomic E-state index is 12.2. The summed E-state index contributed by atoms with van der Waals surface area (Å²) in [7, 11) is 0. The summed E-state index contributed by atoms with van der Waals surface area (Å²) < 4.78 is 37.8. The molecule has 0 unspecified atom stereocenters. The topological polar surface area (TPSA) is 30.2 Å². The van der Waals surface area contributed by atoms with Crippen molar-refractivity contribution in [2.45, 2.75) is 13.1 Å². The minimum atomic E-state index is -4.49. The molecule has 0 saturated carbocycles. The monoisotopic (exact) mass is 201 g/mol. The molecule has 14 heavy (non-hydrogen) atoms. The molecule has 0 fully saturated rings. The maximum Gasteiger partial charge on any atom is 0.453 e. The Balaban J connectivity index is 2.69. The van der Waals surface area contributed by atoms with Crippen molar-refractivity contribution in [2.24, 2.45) is 0 Å². The smallest absolute Gasteiger partial charge is 0.220 e. The molecular formula is C8H6F3N3. The van der Waals surface area contributed by atoms with Gasteiger partial charge in [-0.25, -0.2) is 9.50 Å².